The molecule has 0 radical (unpaired) electrons. The number of carbonyl (C=O) groups excluding carboxylic acids is 2. The molecule has 0 unspecified atom stereocenters. The molecule has 41 heavy (non-hydrogen) atoms. The average Bonchev–Trinajstić information content (AvgIpc) is 3.64. The van der Waals surface area contributed by atoms with Gasteiger partial charge in [-0.2, -0.15) is 0 Å². The first kappa shape index (κ1) is 29.5. The molecule has 2 fully saturated rings. The summed E-state index contributed by atoms with van der Waals surface area (Å²) < 4.78 is 18.4. The van der Waals surface area contributed by atoms with E-state index in [1.54, 1.807) is 6.08 Å². The first-order chi connectivity index (χ1) is 19.5. The Morgan fingerprint density at radius 3 is 2.59 bits per heavy atom. The molecule has 6 rings (SSSR count). The van der Waals surface area contributed by atoms with E-state index in [0.717, 1.165) is 77.0 Å². The number of carbonyl (C=O) groups is 2. The first-order valence-electron chi connectivity index (χ1n) is 13.4. The topological polar surface area (TPSA) is 81.0 Å². The minimum absolute atomic E-state index is 0. The van der Waals surface area contributed by atoms with Gasteiger partial charge in [-0.1, -0.05) is 42.5 Å². The number of ether oxygens (including phenoxy) is 2. The van der Waals surface area contributed by atoms with Gasteiger partial charge in [-0.15, -0.1) is 0 Å². The number of fused-ring (bicyclic) bond motifs is 1. The van der Waals surface area contributed by atoms with Gasteiger partial charge in [-0.05, 0) is 85.6 Å². The maximum absolute atomic E-state index is 11.8. The molecule has 7 nitrogen and oxygen atoms in total. The standard InChI is InChI=1S/C32H30N2O5S.Na.H/c1-21-28(27-17-26(13-14-29(27)39-21)37-19-23-6-3-2-4-7-23)18-34-15-5-8-24(34)20-38-25-11-9-22(10-12-25)16-30-31(35)33-32(36)40-30;;/h2-4,6-7,9-14,16-17,24H,5,8,15,18-20H2,1H3,(H,33,35,36);;/q;+1;-1/t24-;;/m0../s1. The minimum atomic E-state index is -0.353. The van der Waals surface area contributed by atoms with Gasteiger partial charge in [0.15, 0.2) is 0 Å². The summed E-state index contributed by atoms with van der Waals surface area (Å²) in [5.41, 5.74) is 4.04. The van der Waals surface area contributed by atoms with Crippen LogP contribution in [0.1, 0.15) is 36.7 Å². The van der Waals surface area contributed by atoms with Gasteiger partial charge in [0.2, 0.25) is 0 Å². The van der Waals surface area contributed by atoms with Crippen molar-refractivity contribution in [1.82, 2.24) is 10.2 Å². The molecule has 206 valence electrons. The van der Waals surface area contributed by atoms with Crippen LogP contribution in [0.2, 0.25) is 0 Å². The number of benzene rings is 3. The number of nitrogens with zero attached hydrogens (tertiary/aromatic N) is 1. The smallest absolute Gasteiger partial charge is 1.00 e. The van der Waals surface area contributed by atoms with Crippen molar-refractivity contribution in [1.29, 1.82) is 0 Å². The van der Waals surface area contributed by atoms with Crippen molar-refractivity contribution in [2.24, 2.45) is 0 Å². The van der Waals surface area contributed by atoms with E-state index in [-0.39, 0.29) is 42.1 Å². The van der Waals surface area contributed by atoms with Crippen LogP contribution < -0.4 is 44.3 Å². The first-order valence-corrected chi connectivity index (χ1v) is 14.2. The molecule has 4 aromatic rings. The van der Waals surface area contributed by atoms with Crippen molar-refractivity contribution >= 4 is 40.0 Å². The average molecular weight is 579 g/mol. The second-order valence-electron chi connectivity index (χ2n) is 10.1. The summed E-state index contributed by atoms with van der Waals surface area (Å²) in [5.74, 6) is 2.19. The van der Waals surface area contributed by atoms with Gasteiger partial charge < -0.3 is 15.3 Å². The molecule has 0 saturated carbocycles. The Bertz CT molecular complexity index is 1580. The van der Waals surface area contributed by atoms with E-state index < -0.39 is 0 Å². The van der Waals surface area contributed by atoms with E-state index in [1.807, 2.05) is 61.5 Å². The Balaban J connectivity index is 0.00000202. The summed E-state index contributed by atoms with van der Waals surface area (Å²) in [6.07, 6.45) is 3.91. The zero-order valence-corrected chi connectivity index (χ0v) is 26.0. The Morgan fingerprint density at radius 2 is 1.83 bits per heavy atom. The molecule has 2 amide bonds. The van der Waals surface area contributed by atoms with Crippen LogP contribution in [0.15, 0.2) is 82.1 Å². The number of likely N-dealkylation sites (tertiary alicyclic amines) is 1. The van der Waals surface area contributed by atoms with Gasteiger partial charge in [-0.3, -0.25) is 19.8 Å². The summed E-state index contributed by atoms with van der Waals surface area (Å²) in [7, 11) is 0. The van der Waals surface area contributed by atoms with E-state index in [9.17, 15) is 9.59 Å². The molecule has 1 N–H and O–H groups in total. The fourth-order valence-corrected chi connectivity index (χ4v) is 5.88. The summed E-state index contributed by atoms with van der Waals surface area (Å²) in [5, 5.41) is 3.03. The second kappa shape index (κ2) is 13.3. The molecule has 2 aliphatic rings. The molecule has 3 aromatic carbocycles. The normalized spacial score (nSPS) is 18.1. The number of aryl methyl sites for hydroxylation is 1. The molecule has 0 bridgehead atoms. The third-order valence-electron chi connectivity index (χ3n) is 7.34. The predicted molar refractivity (Wildman–Crippen MR) is 157 cm³/mol. The maximum atomic E-state index is 11.8. The molecule has 1 atom stereocenters. The van der Waals surface area contributed by atoms with Gasteiger partial charge in [0, 0.05) is 23.5 Å². The van der Waals surface area contributed by atoms with Crippen LogP contribution >= 0.6 is 11.8 Å². The van der Waals surface area contributed by atoms with Crippen LogP contribution in [0.3, 0.4) is 0 Å². The Labute approximate surface area is 267 Å². The summed E-state index contributed by atoms with van der Waals surface area (Å²) in [6, 6.07) is 24.1. The summed E-state index contributed by atoms with van der Waals surface area (Å²) >= 11 is 0.916. The molecule has 2 saturated heterocycles. The molecule has 0 aliphatic carbocycles. The Hall–Kier alpha value is -3.01. The van der Waals surface area contributed by atoms with Crippen LogP contribution in [0.4, 0.5) is 4.79 Å². The molecule has 1 aromatic heterocycles. The van der Waals surface area contributed by atoms with Crippen LogP contribution in [-0.2, 0) is 17.9 Å². The number of imide groups is 1. The number of hydrogen-bond acceptors (Lipinski definition) is 7. The largest absolute Gasteiger partial charge is 1.00 e. The number of nitrogens with one attached hydrogen (secondary N) is 1. The van der Waals surface area contributed by atoms with Crippen molar-refractivity contribution in [3.05, 3.63) is 100 Å². The minimum Gasteiger partial charge on any atom is -1.00 e. The van der Waals surface area contributed by atoms with Crippen molar-refractivity contribution in [3.63, 3.8) is 0 Å². The monoisotopic (exact) mass is 578 g/mol. The molecule has 9 heteroatoms. The van der Waals surface area contributed by atoms with Crippen LogP contribution in [0.25, 0.3) is 17.0 Å². The van der Waals surface area contributed by atoms with E-state index in [4.69, 9.17) is 13.9 Å². The number of furan rings is 1. The number of rotatable bonds is 9. The van der Waals surface area contributed by atoms with Gasteiger partial charge in [-0.25, -0.2) is 0 Å². The van der Waals surface area contributed by atoms with Gasteiger partial charge in [0.1, 0.15) is 36.1 Å². The zero-order chi connectivity index (χ0) is 27.5. The molecular weight excluding hydrogens is 547 g/mol. The quantitative estimate of drug-likeness (QED) is 0.239. The van der Waals surface area contributed by atoms with Crippen LogP contribution in [0.5, 0.6) is 11.5 Å². The van der Waals surface area contributed by atoms with E-state index >= 15 is 0 Å². The molecule has 0 spiro atoms. The zero-order valence-electron chi connectivity index (χ0n) is 24.2. The number of hydrogen-bond donors (Lipinski definition) is 1. The van der Waals surface area contributed by atoms with Crippen LogP contribution in [-0.4, -0.2) is 35.2 Å². The number of thioether (sulfide) groups is 1. The van der Waals surface area contributed by atoms with E-state index in [1.165, 1.54) is 5.56 Å². The summed E-state index contributed by atoms with van der Waals surface area (Å²) in [4.78, 5) is 26.0. The molecular formula is C32H31N2NaO5S. The fourth-order valence-electron chi connectivity index (χ4n) is 5.20. The second-order valence-corrected chi connectivity index (χ2v) is 11.1. The van der Waals surface area contributed by atoms with Crippen molar-refractivity contribution in [3.8, 4) is 11.5 Å². The Kier molecular flexibility index (Phi) is 9.57. The van der Waals surface area contributed by atoms with Gasteiger partial charge in [0.25, 0.3) is 11.1 Å². The SMILES string of the molecule is Cc1oc2ccc(OCc3ccccc3)cc2c1CN1CCC[C@H]1COc1ccc(C=C2SC(=O)NC2=O)cc1.[H-].[Na+]. The van der Waals surface area contributed by atoms with Crippen molar-refractivity contribution in [2.45, 2.75) is 39.0 Å². The fraction of sp³-hybridized carbons (Fsp3) is 0.250. The van der Waals surface area contributed by atoms with Crippen molar-refractivity contribution in [2.75, 3.05) is 13.2 Å². The van der Waals surface area contributed by atoms with E-state index in [0.29, 0.717) is 24.2 Å². The van der Waals surface area contributed by atoms with Crippen molar-refractivity contribution < 1.29 is 54.5 Å². The maximum Gasteiger partial charge on any atom is 1.00 e. The van der Waals surface area contributed by atoms with E-state index in [2.05, 4.69) is 28.4 Å². The molecule has 3 heterocycles. The van der Waals surface area contributed by atoms with Crippen LogP contribution in [0, 0.1) is 6.92 Å². The predicted octanol–water partition coefficient (Wildman–Crippen LogP) is 3.80. The Morgan fingerprint density at radius 1 is 1.05 bits per heavy atom. The molecule has 2 aliphatic heterocycles. The third-order valence-corrected chi connectivity index (χ3v) is 8.15. The van der Waals surface area contributed by atoms with Gasteiger partial charge >= 0.3 is 29.6 Å². The van der Waals surface area contributed by atoms with Gasteiger partial charge in [0.05, 0.1) is 4.91 Å². The summed E-state index contributed by atoms with van der Waals surface area (Å²) in [6.45, 7) is 4.95. The number of amides is 2. The third kappa shape index (κ3) is 7.08.